The van der Waals surface area contributed by atoms with E-state index in [-0.39, 0.29) is 27.6 Å². The van der Waals surface area contributed by atoms with Crippen molar-refractivity contribution in [1.82, 2.24) is 15.0 Å². The SMILES string of the molecule is NC(=O)Nc1cc(Nc2nc(F)nc(F)n2)ccc1/N=N/c1ccc(S(=O)(=O)CCOS(=O)(=O)O)cc1. The number of sulfone groups is 1. The number of primary amides is 1. The summed E-state index contributed by atoms with van der Waals surface area (Å²) in [5.41, 5.74) is 5.73. The van der Waals surface area contributed by atoms with Crippen molar-refractivity contribution in [2.24, 2.45) is 16.0 Å². The Balaban J connectivity index is 1.77. The van der Waals surface area contributed by atoms with Crippen molar-refractivity contribution in [3.63, 3.8) is 0 Å². The molecular weight excluding hydrogens is 542 g/mol. The molecule has 1 heterocycles. The minimum absolute atomic E-state index is 0.0503. The van der Waals surface area contributed by atoms with Gasteiger partial charge in [-0.2, -0.15) is 37.3 Å². The van der Waals surface area contributed by atoms with E-state index in [0.717, 1.165) is 0 Å². The second-order valence-electron chi connectivity index (χ2n) is 6.81. The molecule has 196 valence electrons. The molecule has 5 N–H and O–H groups in total. The largest absolute Gasteiger partial charge is 0.397 e. The summed E-state index contributed by atoms with van der Waals surface area (Å²) in [7, 11) is -8.70. The number of nitrogens with two attached hydrogens (primary N) is 1. The van der Waals surface area contributed by atoms with Crippen LogP contribution in [0, 0.1) is 12.2 Å². The third-order valence-electron chi connectivity index (χ3n) is 4.14. The first-order valence-corrected chi connectivity index (χ1v) is 12.7. The van der Waals surface area contributed by atoms with Gasteiger partial charge in [-0.05, 0) is 42.5 Å². The number of anilines is 3. The molecule has 15 nitrogen and oxygen atoms in total. The van der Waals surface area contributed by atoms with E-state index in [1.165, 1.54) is 42.5 Å². The summed E-state index contributed by atoms with van der Waals surface area (Å²) in [6.07, 6.45) is -2.69. The molecule has 0 fully saturated rings. The highest BCUT2D eigenvalue weighted by Gasteiger charge is 2.16. The predicted molar refractivity (Wildman–Crippen MR) is 123 cm³/mol. The van der Waals surface area contributed by atoms with Gasteiger partial charge in [0.1, 0.15) is 5.69 Å². The number of carbonyl (C=O) groups excluding carboxylic acids is 1. The molecule has 0 radical (unpaired) electrons. The number of nitrogens with zero attached hydrogens (tertiary/aromatic N) is 5. The van der Waals surface area contributed by atoms with Crippen LogP contribution in [0.2, 0.25) is 0 Å². The first-order chi connectivity index (χ1) is 17.3. The first-order valence-electron chi connectivity index (χ1n) is 9.72. The molecule has 0 aliphatic rings. The van der Waals surface area contributed by atoms with Gasteiger partial charge in [0.15, 0.2) is 9.84 Å². The molecular formula is C18H16F2N8O7S2. The van der Waals surface area contributed by atoms with E-state index < -0.39 is 56.7 Å². The summed E-state index contributed by atoms with van der Waals surface area (Å²) in [4.78, 5) is 20.6. The van der Waals surface area contributed by atoms with Gasteiger partial charge in [-0.1, -0.05) is 0 Å². The Morgan fingerprint density at radius 2 is 1.65 bits per heavy atom. The minimum Gasteiger partial charge on any atom is -0.351 e. The molecule has 0 spiro atoms. The maximum absolute atomic E-state index is 13.2. The highest BCUT2D eigenvalue weighted by molar-refractivity contribution is 7.91. The van der Waals surface area contributed by atoms with Crippen LogP contribution in [0.5, 0.6) is 0 Å². The van der Waals surface area contributed by atoms with Crippen LogP contribution >= 0.6 is 0 Å². The quantitative estimate of drug-likeness (QED) is 0.208. The molecule has 0 unspecified atom stereocenters. The van der Waals surface area contributed by atoms with Crippen LogP contribution in [0.15, 0.2) is 57.6 Å². The van der Waals surface area contributed by atoms with Crippen molar-refractivity contribution in [2.45, 2.75) is 4.90 Å². The van der Waals surface area contributed by atoms with Crippen LogP contribution in [-0.4, -0.2) is 54.7 Å². The number of hydrogen-bond donors (Lipinski definition) is 4. The third-order valence-corrected chi connectivity index (χ3v) is 6.30. The smallest absolute Gasteiger partial charge is 0.351 e. The molecule has 0 bridgehead atoms. The third kappa shape index (κ3) is 8.45. The van der Waals surface area contributed by atoms with Crippen LogP contribution < -0.4 is 16.4 Å². The average molecular weight is 559 g/mol. The predicted octanol–water partition coefficient (Wildman–Crippen LogP) is 2.39. The number of nitrogens with one attached hydrogen (secondary N) is 2. The van der Waals surface area contributed by atoms with Gasteiger partial charge >= 0.3 is 28.6 Å². The summed E-state index contributed by atoms with van der Waals surface area (Å²) in [6, 6.07) is 8.15. The van der Waals surface area contributed by atoms with E-state index in [4.69, 9.17) is 10.3 Å². The Hall–Kier alpha value is -4.20. The van der Waals surface area contributed by atoms with Crippen molar-refractivity contribution in [1.29, 1.82) is 0 Å². The summed E-state index contributed by atoms with van der Waals surface area (Å²) >= 11 is 0. The van der Waals surface area contributed by atoms with Gasteiger partial charge in [0, 0.05) is 5.69 Å². The molecule has 0 atom stereocenters. The van der Waals surface area contributed by atoms with Crippen LogP contribution in [0.1, 0.15) is 0 Å². The van der Waals surface area contributed by atoms with Gasteiger partial charge in [0.2, 0.25) is 5.95 Å². The lowest BCUT2D eigenvalue weighted by atomic mass is 10.2. The first kappa shape index (κ1) is 27.4. The Bertz CT molecular complexity index is 1530. The maximum atomic E-state index is 13.2. The molecule has 37 heavy (non-hydrogen) atoms. The molecule has 0 aliphatic heterocycles. The molecule has 3 aromatic rings. The topological polar surface area (TPSA) is 228 Å². The molecule has 19 heteroatoms. The minimum atomic E-state index is -4.77. The fourth-order valence-corrected chi connectivity index (χ4v) is 4.13. The molecule has 0 saturated carbocycles. The number of rotatable bonds is 10. The second kappa shape index (κ2) is 11.2. The number of carbonyl (C=O) groups is 1. The fraction of sp³-hybridized carbons (Fsp3) is 0.111. The summed E-state index contributed by atoms with van der Waals surface area (Å²) in [5, 5.41) is 12.8. The summed E-state index contributed by atoms with van der Waals surface area (Å²) in [5.74, 6) is -1.15. The fourth-order valence-electron chi connectivity index (χ4n) is 2.64. The summed E-state index contributed by atoms with van der Waals surface area (Å²) in [6.45, 7) is -0.777. The summed E-state index contributed by atoms with van der Waals surface area (Å²) < 4.78 is 84.4. The van der Waals surface area contributed by atoms with Crippen LogP contribution in [0.4, 0.5) is 42.3 Å². The Kier molecular flexibility index (Phi) is 8.32. The van der Waals surface area contributed by atoms with E-state index in [9.17, 15) is 30.4 Å². The van der Waals surface area contributed by atoms with Crippen molar-refractivity contribution >= 4 is 55.0 Å². The van der Waals surface area contributed by atoms with Crippen molar-refractivity contribution in [3.8, 4) is 0 Å². The van der Waals surface area contributed by atoms with Gasteiger partial charge < -0.3 is 16.4 Å². The van der Waals surface area contributed by atoms with Gasteiger partial charge in [-0.3, -0.25) is 4.55 Å². The molecule has 0 aliphatic carbocycles. The van der Waals surface area contributed by atoms with Crippen molar-refractivity contribution in [3.05, 3.63) is 54.6 Å². The number of amides is 2. The molecule has 1 aromatic heterocycles. The highest BCUT2D eigenvalue weighted by Crippen LogP contribution is 2.31. The van der Waals surface area contributed by atoms with E-state index in [1.807, 2.05) is 0 Å². The number of hydrogen-bond acceptors (Lipinski definition) is 12. The molecule has 3 rings (SSSR count). The van der Waals surface area contributed by atoms with E-state index in [2.05, 4.69) is 40.0 Å². The maximum Gasteiger partial charge on any atom is 0.397 e. The zero-order valence-corrected chi connectivity index (χ0v) is 19.9. The lowest BCUT2D eigenvalue weighted by molar-refractivity contribution is 0.259. The van der Waals surface area contributed by atoms with Crippen LogP contribution in [-0.2, 0) is 24.4 Å². The Morgan fingerprint density at radius 3 is 2.24 bits per heavy atom. The normalized spacial score (nSPS) is 12.0. The van der Waals surface area contributed by atoms with Crippen molar-refractivity contribution in [2.75, 3.05) is 23.0 Å². The van der Waals surface area contributed by atoms with Gasteiger partial charge in [0.25, 0.3) is 0 Å². The van der Waals surface area contributed by atoms with Gasteiger partial charge in [0.05, 0.1) is 28.6 Å². The lowest BCUT2D eigenvalue weighted by Gasteiger charge is -2.09. The monoisotopic (exact) mass is 558 g/mol. The molecule has 2 amide bonds. The zero-order chi connectivity index (χ0) is 27.2. The Labute approximate surface area is 207 Å². The highest BCUT2D eigenvalue weighted by atomic mass is 32.3. The van der Waals surface area contributed by atoms with E-state index >= 15 is 0 Å². The van der Waals surface area contributed by atoms with Crippen LogP contribution in [0.25, 0.3) is 0 Å². The van der Waals surface area contributed by atoms with E-state index in [1.54, 1.807) is 0 Å². The Morgan fingerprint density at radius 1 is 1.00 bits per heavy atom. The number of urea groups is 1. The number of azo groups is 1. The molecule has 2 aromatic carbocycles. The van der Waals surface area contributed by atoms with Crippen molar-refractivity contribution < 1.29 is 39.1 Å². The standard InChI is InChI=1S/C18H16F2N8O7S2/c19-15-24-16(20)26-18(25-15)22-11-3-6-13(14(9-11)23-17(21)29)28-27-10-1-4-12(5-2-10)36(30,31)8-7-35-37(32,33)34/h1-6,9H,7-8H2,(H3,21,23,29)(H,32,33,34)(H,22,24,25,26)/b28-27+. The number of aromatic nitrogens is 3. The van der Waals surface area contributed by atoms with Gasteiger partial charge in [-0.15, -0.1) is 5.11 Å². The second-order valence-corrected chi connectivity index (χ2v) is 10.0. The van der Waals surface area contributed by atoms with E-state index in [0.29, 0.717) is 0 Å². The molecule has 0 saturated heterocycles. The number of halogens is 2. The van der Waals surface area contributed by atoms with Crippen LogP contribution in [0.3, 0.4) is 0 Å². The number of benzene rings is 2. The van der Waals surface area contributed by atoms with Gasteiger partial charge in [-0.25, -0.2) is 17.4 Å². The average Bonchev–Trinajstić information content (AvgIpc) is 2.77. The lowest BCUT2D eigenvalue weighted by Crippen LogP contribution is -2.19. The zero-order valence-electron chi connectivity index (χ0n) is 18.2.